The van der Waals surface area contributed by atoms with Crippen LogP contribution in [-0.4, -0.2) is 39.6 Å². The molecule has 1 atom stereocenters. The molecule has 2 amide bonds. The van der Waals surface area contributed by atoms with Crippen LogP contribution in [0.4, 0.5) is 0 Å². The molecule has 35 heavy (non-hydrogen) atoms. The molecule has 2 aromatic carbocycles. The molecule has 1 N–H and O–H groups in total. The van der Waals surface area contributed by atoms with Crippen LogP contribution in [0.2, 0.25) is 0 Å². The number of fused-ring (bicyclic) bond motifs is 1. The van der Waals surface area contributed by atoms with Crippen molar-refractivity contribution in [3.63, 3.8) is 0 Å². The van der Waals surface area contributed by atoms with Gasteiger partial charge in [-0.3, -0.25) is 14.4 Å². The first-order valence-corrected chi connectivity index (χ1v) is 11.4. The predicted octanol–water partition coefficient (Wildman–Crippen LogP) is 3.06. The fourth-order valence-electron chi connectivity index (χ4n) is 4.29. The first-order chi connectivity index (χ1) is 17.1. The molecule has 1 unspecified atom stereocenters. The second kappa shape index (κ2) is 9.80. The molecular formula is C27H24N4O4. The molecule has 5 rings (SSSR count). The highest BCUT2D eigenvalue weighted by atomic mass is 16.3. The van der Waals surface area contributed by atoms with Crippen molar-refractivity contribution in [2.75, 3.05) is 13.1 Å². The molecule has 3 heterocycles. The molecular weight excluding hydrogens is 444 g/mol. The quantitative estimate of drug-likeness (QED) is 0.429. The maximum atomic E-state index is 12.9. The van der Waals surface area contributed by atoms with E-state index in [2.05, 4.69) is 10.4 Å². The van der Waals surface area contributed by atoms with Gasteiger partial charge in [0.25, 0.3) is 11.5 Å². The molecule has 0 spiro atoms. The lowest BCUT2D eigenvalue weighted by atomic mass is 9.98. The van der Waals surface area contributed by atoms with Gasteiger partial charge >= 0.3 is 0 Å². The normalized spacial score (nSPS) is 13.5. The Balaban J connectivity index is 1.28. The predicted molar refractivity (Wildman–Crippen MR) is 130 cm³/mol. The second-order valence-electron chi connectivity index (χ2n) is 8.45. The summed E-state index contributed by atoms with van der Waals surface area (Å²) in [5, 5.41) is 7.17. The zero-order chi connectivity index (χ0) is 24.2. The Kier molecular flexibility index (Phi) is 6.26. The number of nitrogens with zero attached hydrogens (tertiary/aromatic N) is 3. The van der Waals surface area contributed by atoms with E-state index in [1.54, 1.807) is 18.2 Å². The Labute approximate surface area is 201 Å². The van der Waals surface area contributed by atoms with Crippen LogP contribution in [0.15, 0.2) is 94.3 Å². The Morgan fingerprint density at radius 1 is 0.971 bits per heavy atom. The third-order valence-electron chi connectivity index (χ3n) is 6.09. The summed E-state index contributed by atoms with van der Waals surface area (Å²) in [6.07, 6.45) is 1.52. The minimum absolute atomic E-state index is 0.00153. The lowest BCUT2D eigenvalue weighted by molar-refractivity contribution is -0.122. The van der Waals surface area contributed by atoms with Gasteiger partial charge in [-0.25, -0.2) is 4.68 Å². The number of rotatable bonds is 8. The number of benzene rings is 2. The van der Waals surface area contributed by atoms with Crippen molar-refractivity contribution in [1.29, 1.82) is 0 Å². The van der Waals surface area contributed by atoms with Gasteiger partial charge in [0.15, 0.2) is 5.76 Å². The smallest absolute Gasteiger partial charge is 0.267 e. The number of furan rings is 1. The average Bonchev–Trinajstić information content (AvgIpc) is 3.52. The molecule has 8 nitrogen and oxygen atoms in total. The van der Waals surface area contributed by atoms with E-state index in [0.717, 1.165) is 21.4 Å². The van der Waals surface area contributed by atoms with Crippen molar-refractivity contribution >= 4 is 11.8 Å². The van der Waals surface area contributed by atoms with Gasteiger partial charge in [0, 0.05) is 37.2 Å². The van der Waals surface area contributed by atoms with E-state index < -0.39 is 0 Å². The highest BCUT2D eigenvalue weighted by Crippen LogP contribution is 2.26. The van der Waals surface area contributed by atoms with Crippen LogP contribution in [0.1, 0.15) is 27.4 Å². The van der Waals surface area contributed by atoms with Gasteiger partial charge in [0.05, 0.1) is 6.26 Å². The van der Waals surface area contributed by atoms with E-state index in [4.69, 9.17) is 4.42 Å². The number of nitrogens with one attached hydrogen (secondary N) is 1. The van der Waals surface area contributed by atoms with E-state index in [9.17, 15) is 14.4 Å². The molecule has 1 aliphatic heterocycles. The molecule has 2 aromatic heterocycles. The number of aromatic nitrogens is 2. The molecule has 0 aliphatic carbocycles. The summed E-state index contributed by atoms with van der Waals surface area (Å²) in [6, 6.07) is 23.8. The largest absolute Gasteiger partial charge is 0.463 e. The van der Waals surface area contributed by atoms with Crippen LogP contribution in [0.25, 0.3) is 11.5 Å². The monoisotopic (exact) mass is 468 g/mol. The summed E-state index contributed by atoms with van der Waals surface area (Å²) in [5.74, 6) is 0.0589. The van der Waals surface area contributed by atoms with Crippen molar-refractivity contribution in [3.05, 3.63) is 112 Å². The van der Waals surface area contributed by atoms with E-state index in [1.165, 1.54) is 12.3 Å². The zero-order valence-electron chi connectivity index (χ0n) is 19.0. The molecule has 0 saturated heterocycles. The number of amides is 2. The average molecular weight is 469 g/mol. The lowest BCUT2D eigenvalue weighted by Crippen LogP contribution is -2.38. The highest BCUT2D eigenvalue weighted by molar-refractivity contribution is 5.98. The van der Waals surface area contributed by atoms with Crippen LogP contribution in [0.3, 0.4) is 0 Å². The Bertz CT molecular complexity index is 1400. The standard InChI is InChI=1S/C27H24N4O4/c32-25(18-31-26(33)13-12-23(29-31)24-11-6-14-35-24)28-15-21(19-7-2-1-3-8-19)17-30-16-20-9-4-5-10-22(20)27(30)34/h1-14,21H,15-18H2,(H,28,32). The molecule has 0 radical (unpaired) electrons. The summed E-state index contributed by atoms with van der Waals surface area (Å²) in [6.45, 7) is 1.10. The van der Waals surface area contributed by atoms with Crippen molar-refractivity contribution < 1.29 is 14.0 Å². The fraction of sp³-hybridized carbons (Fsp3) is 0.185. The molecule has 176 valence electrons. The summed E-state index contributed by atoms with van der Waals surface area (Å²) in [4.78, 5) is 39.7. The van der Waals surface area contributed by atoms with Crippen LogP contribution < -0.4 is 10.9 Å². The fourth-order valence-corrected chi connectivity index (χ4v) is 4.29. The van der Waals surface area contributed by atoms with Crippen LogP contribution >= 0.6 is 0 Å². The van der Waals surface area contributed by atoms with Crippen molar-refractivity contribution in [1.82, 2.24) is 20.0 Å². The summed E-state index contributed by atoms with van der Waals surface area (Å²) in [5.41, 5.74) is 2.85. The third kappa shape index (κ3) is 4.91. The van der Waals surface area contributed by atoms with Gasteiger partial charge in [0.2, 0.25) is 5.91 Å². The van der Waals surface area contributed by atoms with Crippen LogP contribution in [0, 0.1) is 0 Å². The van der Waals surface area contributed by atoms with Gasteiger partial charge in [0.1, 0.15) is 12.2 Å². The van der Waals surface area contributed by atoms with E-state index in [0.29, 0.717) is 31.1 Å². The third-order valence-corrected chi connectivity index (χ3v) is 6.09. The summed E-state index contributed by atoms with van der Waals surface area (Å²) >= 11 is 0. The number of hydrogen-bond acceptors (Lipinski definition) is 5. The Morgan fingerprint density at radius 3 is 2.54 bits per heavy atom. The summed E-state index contributed by atoms with van der Waals surface area (Å²) < 4.78 is 6.45. The van der Waals surface area contributed by atoms with Gasteiger partial charge < -0.3 is 14.6 Å². The van der Waals surface area contributed by atoms with Gasteiger partial charge in [-0.2, -0.15) is 5.10 Å². The van der Waals surface area contributed by atoms with Crippen LogP contribution in [-0.2, 0) is 17.9 Å². The first-order valence-electron chi connectivity index (χ1n) is 11.4. The molecule has 1 aliphatic rings. The number of carbonyl (C=O) groups excluding carboxylic acids is 2. The molecule has 0 bridgehead atoms. The van der Waals surface area contributed by atoms with Crippen molar-refractivity contribution in [3.8, 4) is 11.5 Å². The van der Waals surface area contributed by atoms with Crippen LogP contribution in [0.5, 0.6) is 0 Å². The zero-order valence-corrected chi connectivity index (χ0v) is 19.0. The topological polar surface area (TPSA) is 97.4 Å². The van der Waals surface area contributed by atoms with Gasteiger partial charge in [-0.05, 0) is 35.4 Å². The van der Waals surface area contributed by atoms with E-state index in [1.807, 2.05) is 59.5 Å². The van der Waals surface area contributed by atoms with Gasteiger partial charge in [-0.15, -0.1) is 0 Å². The first kappa shape index (κ1) is 22.3. The Hall–Kier alpha value is -4.46. The second-order valence-corrected chi connectivity index (χ2v) is 8.45. The maximum absolute atomic E-state index is 12.9. The SMILES string of the molecule is O=C(Cn1nc(-c2ccco2)ccc1=O)NCC(CN1Cc2ccccc2C1=O)c1ccccc1. The molecule has 0 fully saturated rings. The van der Waals surface area contributed by atoms with Gasteiger partial charge in [-0.1, -0.05) is 48.5 Å². The highest BCUT2D eigenvalue weighted by Gasteiger charge is 2.29. The summed E-state index contributed by atoms with van der Waals surface area (Å²) in [7, 11) is 0. The van der Waals surface area contributed by atoms with Crippen molar-refractivity contribution in [2.24, 2.45) is 0 Å². The van der Waals surface area contributed by atoms with E-state index in [-0.39, 0.29) is 29.8 Å². The molecule has 4 aromatic rings. The minimum atomic E-state index is -0.379. The molecule has 8 heteroatoms. The minimum Gasteiger partial charge on any atom is -0.463 e. The number of carbonyl (C=O) groups is 2. The lowest BCUT2D eigenvalue weighted by Gasteiger charge is -2.24. The Morgan fingerprint density at radius 2 is 1.77 bits per heavy atom. The van der Waals surface area contributed by atoms with E-state index >= 15 is 0 Å². The maximum Gasteiger partial charge on any atom is 0.267 e. The van der Waals surface area contributed by atoms with Crippen molar-refractivity contribution in [2.45, 2.75) is 19.0 Å². The molecule has 0 saturated carbocycles. The number of hydrogen-bond donors (Lipinski definition) is 1.